The predicted molar refractivity (Wildman–Crippen MR) is 97.8 cm³/mol. The van der Waals surface area contributed by atoms with Crippen LogP contribution in [0.25, 0.3) is 0 Å². The summed E-state index contributed by atoms with van der Waals surface area (Å²) in [6.07, 6.45) is 4.46. The monoisotopic (exact) mass is 356 g/mol. The number of amides is 1. The highest BCUT2D eigenvalue weighted by Crippen LogP contribution is 2.26. The van der Waals surface area contributed by atoms with E-state index in [0.717, 1.165) is 43.1 Å². The predicted octanol–water partition coefficient (Wildman–Crippen LogP) is 2.27. The molecule has 1 aromatic rings. The van der Waals surface area contributed by atoms with E-state index in [1.165, 1.54) is 0 Å². The molecule has 0 aromatic carbocycles. The highest BCUT2D eigenvalue weighted by Gasteiger charge is 2.33. The number of nitrogens with one attached hydrogen (secondary N) is 1. The average molecular weight is 357 g/mol. The van der Waals surface area contributed by atoms with Crippen molar-refractivity contribution in [2.45, 2.75) is 46.1 Å². The van der Waals surface area contributed by atoms with E-state index in [2.05, 4.69) is 27.1 Å². The molecule has 2 rings (SSSR count). The fourth-order valence-electron chi connectivity index (χ4n) is 3.04. The second kappa shape index (κ2) is 9.79. The number of ether oxygens (including phenoxy) is 1. The fraction of sp³-hybridized carbons (Fsp3) is 0.706. The Morgan fingerprint density at radius 1 is 1.38 bits per heavy atom. The van der Waals surface area contributed by atoms with Crippen LogP contribution in [0.5, 0.6) is 0 Å². The number of aromatic nitrogens is 2. The summed E-state index contributed by atoms with van der Waals surface area (Å²) in [6.45, 7) is 8.30. The van der Waals surface area contributed by atoms with Gasteiger partial charge in [0.05, 0.1) is 30.2 Å². The van der Waals surface area contributed by atoms with E-state index in [1.54, 1.807) is 7.11 Å². The van der Waals surface area contributed by atoms with E-state index < -0.39 is 0 Å². The van der Waals surface area contributed by atoms with E-state index in [1.807, 2.05) is 20.0 Å². The van der Waals surface area contributed by atoms with Crippen molar-refractivity contribution in [1.29, 1.82) is 0 Å². The van der Waals surface area contributed by atoms with Gasteiger partial charge in [0.15, 0.2) is 0 Å². The maximum Gasteiger partial charge on any atom is 0.222 e. The third kappa shape index (κ3) is 5.31. The van der Waals surface area contributed by atoms with Crippen LogP contribution in [0, 0.1) is 19.8 Å². The van der Waals surface area contributed by atoms with Crippen molar-refractivity contribution in [2.75, 3.05) is 31.7 Å². The summed E-state index contributed by atoms with van der Waals surface area (Å²) in [5.41, 5.74) is 1.92. The summed E-state index contributed by atoms with van der Waals surface area (Å²) in [5.74, 6) is 1.42. The molecule has 1 aliphatic rings. The van der Waals surface area contributed by atoms with Gasteiger partial charge >= 0.3 is 0 Å². The molecule has 1 saturated heterocycles. The fourth-order valence-corrected chi connectivity index (χ4v) is 3.04. The highest BCUT2D eigenvalue weighted by molar-refractivity contribution is 5.85. The van der Waals surface area contributed by atoms with Crippen molar-refractivity contribution in [3.8, 4) is 0 Å². The Labute approximate surface area is 150 Å². The van der Waals surface area contributed by atoms with E-state index >= 15 is 0 Å². The first kappa shape index (κ1) is 20.6. The maximum atomic E-state index is 12.0. The van der Waals surface area contributed by atoms with Crippen LogP contribution in [0.1, 0.15) is 37.6 Å². The van der Waals surface area contributed by atoms with Crippen LogP contribution in [-0.4, -0.2) is 48.7 Å². The van der Waals surface area contributed by atoms with Gasteiger partial charge in [0.25, 0.3) is 0 Å². The molecule has 0 saturated carbocycles. The molecule has 0 radical (unpaired) electrons. The van der Waals surface area contributed by atoms with Crippen LogP contribution in [0.3, 0.4) is 0 Å². The second-order valence-corrected chi connectivity index (χ2v) is 6.27. The molecule has 2 heterocycles. The molecule has 24 heavy (non-hydrogen) atoms. The molecular weight excluding hydrogens is 328 g/mol. The normalized spacial score (nSPS) is 19.9. The minimum absolute atomic E-state index is 0. The first-order valence-corrected chi connectivity index (χ1v) is 8.38. The first-order valence-electron chi connectivity index (χ1n) is 8.38. The van der Waals surface area contributed by atoms with Crippen molar-refractivity contribution in [2.24, 2.45) is 5.92 Å². The van der Waals surface area contributed by atoms with Gasteiger partial charge in [0, 0.05) is 26.6 Å². The van der Waals surface area contributed by atoms with E-state index in [9.17, 15) is 4.79 Å². The molecule has 7 heteroatoms. The number of rotatable bonds is 7. The van der Waals surface area contributed by atoms with Crippen molar-refractivity contribution in [1.82, 2.24) is 15.3 Å². The van der Waals surface area contributed by atoms with Crippen LogP contribution in [-0.2, 0) is 9.53 Å². The van der Waals surface area contributed by atoms with Gasteiger partial charge in [0.2, 0.25) is 5.91 Å². The van der Waals surface area contributed by atoms with Crippen LogP contribution < -0.4 is 10.2 Å². The zero-order valence-electron chi connectivity index (χ0n) is 15.0. The maximum absolute atomic E-state index is 12.0. The lowest BCUT2D eigenvalue weighted by atomic mass is 9.98. The van der Waals surface area contributed by atoms with Crippen LogP contribution in [0.15, 0.2) is 6.20 Å². The number of hydrogen-bond donors (Lipinski definition) is 1. The third-order valence-corrected chi connectivity index (χ3v) is 4.48. The smallest absolute Gasteiger partial charge is 0.222 e. The lowest BCUT2D eigenvalue weighted by Gasteiger charge is -2.19. The minimum Gasteiger partial charge on any atom is -0.384 e. The molecule has 1 aliphatic heterocycles. The molecule has 0 aliphatic carbocycles. The molecule has 1 N–H and O–H groups in total. The number of aryl methyl sites for hydroxylation is 2. The zero-order chi connectivity index (χ0) is 16.8. The second-order valence-electron chi connectivity index (χ2n) is 6.27. The number of halogens is 1. The highest BCUT2D eigenvalue weighted by atomic mass is 35.5. The number of carbonyl (C=O) groups is 1. The number of nitrogens with zero attached hydrogens (tertiary/aromatic N) is 3. The molecule has 6 nitrogen and oxygen atoms in total. The summed E-state index contributed by atoms with van der Waals surface area (Å²) in [5, 5.41) is 3.17. The molecule has 1 aromatic heterocycles. The Hall–Kier alpha value is -1.40. The molecule has 2 atom stereocenters. The van der Waals surface area contributed by atoms with Gasteiger partial charge in [-0.25, -0.2) is 4.98 Å². The quantitative estimate of drug-likeness (QED) is 0.811. The summed E-state index contributed by atoms with van der Waals surface area (Å²) in [7, 11) is 1.61. The van der Waals surface area contributed by atoms with Crippen molar-refractivity contribution in [3.63, 3.8) is 0 Å². The summed E-state index contributed by atoms with van der Waals surface area (Å²) in [6, 6.07) is 0.169. The van der Waals surface area contributed by atoms with Gasteiger partial charge < -0.3 is 15.0 Å². The van der Waals surface area contributed by atoms with Crippen LogP contribution in [0.4, 0.5) is 5.82 Å². The van der Waals surface area contributed by atoms with Gasteiger partial charge in [-0.3, -0.25) is 9.78 Å². The van der Waals surface area contributed by atoms with Crippen molar-refractivity contribution < 1.29 is 9.53 Å². The number of anilines is 1. The molecule has 1 amide bonds. The Kier molecular flexibility index (Phi) is 8.42. The number of methoxy groups -OCH3 is 1. The van der Waals surface area contributed by atoms with Crippen LogP contribution >= 0.6 is 12.4 Å². The zero-order valence-corrected chi connectivity index (χ0v) is 15.9. The lowest BCUT2D eigenvalue weighted by molar-refractivity contribution is -0.122. The Morgan fingerprint density at radius 3 is 2.75 bits per heavy atom. The van der Waals surface area contributed by atoms with E-state index in [0.29, 0.717) is 18.9 Å². The molecule has 0 unspecified atom stereocenters. The first-order chi connectivity index (χ1) is 11.0. The number of hydrogen-bond acceptors (Lipinski definition) is 5. The number of carbonyl (C=O) groups excluding carboxylic acids is 1. The molecule has 136 valence electrons. The summed E-state index contributed by atoms with van der Waals surface area (Å²) >= 11 is 0. The van der Waals surface area contributed by atoms with Gasteiger partial charge in [-0.1, -0.05) is 13.3 Å². The Balaban J connectivity index is 0.00000288. The topological polar surface area (TPSA) is 67.4 Å². The minimum atomic E-state index is 0. The molecule has 1 fully saturated rings. The SMILES string of the molecule is CCC[C@H]1CN(c2cnc(C)c(C)n2)C[C@@H]1NC(=O)CCOC.Cl. The molecule has 0 spiro atoms. The summed E-state index contributed by atoms with van der Waals surface area (Å²) in [4.78, 5) is 23.3. The Morgan fingerprint density at radius 2 is 2.12 bits per heavy atom. The molecule has 0 bridgehead atoms. The summed E-state index contributed by atoms with van der Waals surface area (Å²) < 4.78 is 4.98. The van der Waals surface area contributed by atoms with E-state index in [4.69, 9.17) is 4.74 Å². The Bertz CT molecular complexity index is 541. The average Bonchev–Trinajstić information content (AvgIpc) is 2.91. The third-order valence-electron chi connectivity index (χ3n) is 4.48. The van der Waals surface area contributed by atoms with Crippen LogP contribution in [0.2, 0.25) is 0 Å². The largest absolute Gasteiger partial charge is 0.384 e. The lowest BCUT2D eigenvalue weighted by Crippen LogP contribution is -2.41. The standard InChI is InChI=1S/C17H28N4O2.ClH/c1-5-6-14-10-21(16-9-18-12(2)13(3)19-16)11-15(14)20-17(22)7-8-23-4;/h9,14-15H,5-8,10-11H2,1-4H3,(H,20,22);1H/t14-,15-;/m0./s1. The van der Waals surface area contributed by atoms with E-state index in [-0.39, 0.29) is 24.4 Å². The van der Waals surface area contributed by atoms with Gasteiger partial charge in [-0.05, 0) is 26.2 Å². The van der Waals surface area contributed by atoms with Gasteiger partial charge in [0.1, 0.15) is 5.82 Å². The van der Waals surface area contributed by atoms with Gasteiger partial charge in [-0.2, -0.15) is 0 Å². The molecular formula is C17H29ClN4O2. The van der Waals surface area contributed by atoms with Gasteiger partial charge in [-0.15, -0.1) is 12.4 Å². The van der Waals surface area contributed by atoms with Crippen molar-refractivity contribution >= 4 is 24.1 Å². The van der Waals surface area contributed by atoms with Crippen molar-refractivity contribution in [3.05, 3.63) is 17.6 Å².